The van der Waals surface area contributed by atoms with Crippen molar-refractivity contribution >= 4 is 23.5 Å². The first-order chi connectivity index (χ1) is 14.1. The van der Waals surface area contributed by atoms with E-state index in [0.29, 0.717) is 24.5 Å². The zero-order chi connectivity index (χ0) is 20.2. The van der Waals surface area contributed by atoms with Crippen molar-refractivity contribution in [3.05, 3.63) is 59.7 Å². The highest BCUT2D eigenvalue weighted by Crippen LogP contribution is 2.30. The van der Waals surface area contributed by atoms with E-state index in [2.05, 4.69) is 6.07 Å². The number of amides is 2. The Morgan fingerprint density at radius 1 is 1.00 bits per heavy atom. The monoisotopic (exact) mass is 394 g/mol. The molecule has 0 radical (unpaired) electrons. The van der Waals surface area contributed by atoms with Gasteiger partial charge in [0, 0.05) is 13.1 Å². The van der Waals surface area contributed by atoms with Crippen molar-refractivity contribution in [2.75, 3.05) is 31.2 Å². The van der Waals surface area contributed by atoms with Gasteiger partial charge in [-0.3, -0.25) is 19.3 Å². The smallest absolute Gasteiger partial charge is 0.326 e. The molecule has 0 atom stereocenters. The van der Waals surface area contributed by atoms with Crippen LogP contribution < -0.4 is 9.64 Å². The van der Waals surface area contributed by atoms with Crippen LogP contribution in [0.5, 0.6) is 5.75 Å². The average molecular weight is 394 g/mol. The van der Waals surface area contributed by atoms with E-state index in [0.717, 1.165) is 12.0 Å². The van der Waals surface area contributed by atoms with Crippen LogP contribution >= 0.6 is 0 Å². The molecule has 7 nitrogen and oxygen atoms in total. The highest BCUT2D eigenvalue weighted by atomic mass is 16.5. The Kier molecular flexibility index (Phi) is 5.46. The summed E-state index contributed by atoms with van der Waals surface area (Å²) in [7, 11) is 0. The number of carbonyl (C=O) groups is 3. The summed E-state index contributed by atoms with van der Waals surface area (Å²) in [5.74, 6) is -0.528. The predicted molar refractivity (Wildman–Crippen MR) is 105 cm³/mol. The van der Waals surface area contributed by atoms with E-state index in [-0.39, 0.29) is 38.0 Å². The van der Waals surface area contributed by atoms with Gasteiger partial charge in [0.25, 0.3) is 5.91 Å². The van der Waals surface area contributed by atoms with Crippen LogP contribution in [-0.4, -0.2) is 49.0 Å². The number of carbonyl (C=O) groups excluding carboxylic acids is 3. The van der Waals surface area contributed by atoms with Gasteiger partial charge in [-0.25, -0.2) is 0 Å². The minimum atomic E-state index is -0.624. The number of nitrogens with zero attached hydrogens (tertiary/aromatic N) is 2. The number of rotatable bonds is 4. The minimum absolute atomic E-state index is 0.175. The van der Waals surface area contributed by atoms with Gasteiger partial charge in [0.05, 0.1) is 18.7 Å². The maximum absolute atomic E-state index is 12.5. The zero-order valence-corrected chi connectivity index (χ0v) is 16.0. The Morgan fingerprint density at radius 3 is 2.62 bits per heavy atom. The molecule has 0 saturated heterocycles. The molecule has 0 unspecified atom stereocenters. The summed E-state index contributed by atoms with van der Waals surface area (Å²) in [6, 6.07) is 15.1. The lowest BCUT2D eigenvalue weighted by molar-refractivity contribution is -0.151. The predicted octanol–water partition coefficient (Wildman–Crippen LogP) is 1.93. The third-order valence-electron chi connectivity index (χ3n) is 5.16. The van der Waals surface area contributed by atoms with Crippen molar-refractivity contribution < 1.29 is 23.9 Å². The van der Waals surface area contributed by atoms with Crippen molar-refractivity contribution in [3.63, 3.8) is 0 Å². The number of benzene rings is 2. The van der Waals surface area contributed by atoms with E-state index in [1.807, 2.05) is 18.2 Å². The fourth-order valence-electron chi connectivity index (χ4n) is 3.61. The third-order valence-corrected chi connectivity index (χ3v) is 5.16. The van der Waals surface area contributed by atoms with Crippen LogP contribution in [0.3, 0.4) is 0 Å². The second kappa shape index (κ2) is 8.34. The molecule has 150 valence electrons. The van der Waals surface area contributed by atoms with E-state index in [1.165, 1.54) is 10.5 Å². The van der Waals surface area contributed by atoms with Gasteiger partial charge in [0.1, 0.15) is 12.3 Å². The Labute approximate surface area is 168 Å². The van der Waals surface area contributed by atoms with E-state index in [4.69, 9.17) is 9.47 Å². The van der Waals surface area contributed by atoms with E-state index in [9.17, 15) is 14.4 Å². The maximum atomic E-state index is 12.5. The molecule has 0 aliphatic carbocycles. The highest BCUT2D eigenvalue weighted by Gasteiger charge is 2.27. The summed E-state index contributed by atoms with van der Waals surface area (Å²) < 4.78 is 10.7. The molecule has 2 aliphatic rings. The Hall–Kier alpha value is -3.35. The van der Waals surface area contributed by atoms with E-state index in [1.54, 1.807) is 29.2 Å². The maximum Gasteiger partial charge on any atom is 0.326 e. The average Bonchev–Trinajstić information content (AvgIpc) is 2.90. The summed E-state index contributed by atoms with van der Waals surface area (Å²) in [5.41, 5.74) is 2.89. The Balaban J connectivity index is 1.34. The van der Waals surface area contributed by atoms with Crippen LogP contribution in [0.15, 0.2) is 48.5 Å². The molecular weight excluding hydrogens is 372 g/mol. The number of esters is 1. The SMILES string of the molecule is O=C(CN1C(=O)CCOc2ccccc21)OCC(=O)N1CCc2ccccc2C1. The summed E-state index contributed by atoms with van der Waals surface area (Å²) in [4.78, 5) is 40.2. The molecule has 0 N–H and O–H groups in total. The van der Waals surface area contributed by atoms with Gasteiger partial charge in [-0.2, -0.15) is 0 Å². The van der Waals surface area contributed by atoms with Gasteiger partial charge in [-0.15, -0.1) is 0 Å². The summed E-state index contributed by atoms with van der Waals surface area (Å²) in [6.07, 6.45) is 0.961. The molecular formula is C22H22N2O5. The first-order valence-corrected chi connectivity index (χ1v) is 9.64. The molecule has 0 aromatic heterocycles. The van der Waals surface area contributed by atoms with Gasteiger partial charge in [-0.05, 0) is 29.7 Å². The molecule has 2 amide bonds. The summed E-state index contributed by atoms with van der Waals surface area (Å²) >= 11 is 0. The highest BCUT2D eigenvalue weighted by molar-refractivity contribution is 5.99. The number of fused-ring (bicyclic) bond motifs is 2. The largest absolute Gasteiger partial charge is 0.491 e. The third kappa shape index (κ3) is 4.23. The molecule has 0 spiro atoms. The molecule has 29 heavy (non-hydrogen) atoms. The molecule has 7 heteroatoms. The molecule has 2 aromatic carbocycles. The van der Waals surface area contributed by atoms with Gasteiger partial charge in [-0.1, -0.05) is 36.4 Å². The topological polar surface area (TPSA) is 76.1 Å². The lowest BCUT2D eigenvalue weighted by Crippen LogP contribution is -2.40. The lowest BCUT2D eigenvalue weighted by atomic mass is 10.00. The van der Waals surface area contributed by atoms with Crippen LogP contribution in [0.25, 0.3) is 0 Å². The molecule has 4 rings (SSSR count). The Bertz CT molecular complexity index is 942. The molecule has 0 saturated carbocycles. The number of para-hydroxylation sites is 2. The number of ether oxygens (including phenoxy) is 2. The van der Waals surface area contributed by atoms with Crippen molar-refractivity contribution in [2.24, 2.45) is 0 Å². The summed E-state index contributed by atoms with van der Waals surface area (Å²) in [6.45, 7) is 0.789. The lowest BCUT2D eigenvalue weighted by Gasteiger charge is -2.28. The first-order valence-electron chi connectivity index (χ1n) is 9.64. The van der Waals surface area contributed by atoms with Crippen LogP contribution in [0.4, 0.5) is 5.69 Å². The van der Waals surface area contributed by atoms with Crippen LogP contribution in [0.1, 0.15) is 17.5 Å². The van der Waals surface area contributed by atoms with Crippen molar-refractivity contribution in [1.82, 2.24) is 4.90 Å². The molecule has 0 fully saturated rings. The van der Waals surface area contributed by atoms with E-state index >= 15 is 0 Å². The van der Waals surface area contributed by atoms with E-state index < -0.39 is 5.97 Å². The van der Waals surface area contributed by atoms with Crippen LogP contribution in [0, 0.1) is 0 Å². The first kappa shape index (κ1) is 19.0. The van der Waals surface area contributed by atoms with Gasteiger partial charge in [0.2, 0.25) is 5.91 Å². The number of hydrogen-bond donors (Lipinski definition) is 0. The van der Waals surface area contributed by atoms with Gasteiger partial charge >= 0.3 is 5.97 Å². The molecule has 2 aliphatic heterocycles. The molecule has 0 bridgehead atoms. The minimum Gasteiger partial charge on any atom is -0.491 e. The molecule has 2 heterocycles. The van der Waals surface area contributed by atoms with Crippen molar-refractivity contribution in [1.29, 1.82) is 0 Å². The fourth-order valence-corrected chi connectivity index (χ4v) is 3.61. The fraction of sp³-hybridized carbons (Fsp3) is 0.318. The summed E-state index contributed by atoms with van der Waals surface area (Å²) in [5, 5.41) is 0. The Morgan fingerprint density at radius 2 is 1.76 bits per heavy atom. The van der Waals surface area contributed by atoms with Crippen LogP contribution in [-0.2, 0) is 32.1 Å². The zero-order valence-electron chi connectivity index (χ0n) is 16.0. The normalized spacial score (nSPS) is 15.7. The molecule has 2 aromatic rings. The van der Waals surface area contributed by atoms with Crippen molar-refractivity contribution in [3.8, 4) is 5.75 Å². The number of hydrogen-bond acceptors (Lipinski definition) is 5. The van der Waals surface area contributed by atoms with Gasteiger partial charge < -0.3 is 14.4 Å². The second-order valence-electron chi connectivity index (χ2n) is 7.04. The van der Waals surface area contributed by atoms with Crippen molar-refractivity contribution in [2.45, 2.75) is 19.4 Å². The van der Waals surface area contributed by atoms with Crippen LogP contribution in [0.2, 0.25) is 0 Å². The standard InChI is InChI=1S/C22H22N2O5/c25-20-10-12-28-19-8-4-3-7-18(19)24(20)14-22(27)29-15-21(26)23-11-9-16-5-1-2-6-17(16)13-23/h1-8H,9-15H2. The quantitative estimate of drug-likeness (QED) is 0.741. The number of anilines is 1. The second-order valence-corrected chi connectivity index (χ2v) is 7.04. The van der Waals surface area contributed by atoms with Gasteiger partial charge in [0.15, 0.2) is 6.61 Å².